The van der Waals surface area contributed by atoms with Crippen molar-refractivity contribution in [2.24, 2.45) is 0 Å². The van der Waals surface area contributed by atoms with Crippen LogP contribution in [0.15, 0.2) is 122 Å². The first-order chi connectivity index (χ1) is 27.6. The number of aryl methyl sites for hydroxylation is 4. The number of nitrogens with zero attached hydrogens (tertiary/aromatic N) is 8. The molecule has 0 amide bonds. The Kier molecular flexibility index (Phi) is 10.6. The molecule has 0 radical (unpaired) electrons. The van der Waals surface area contributed by atoms with Crippen molar-refractivity contribution in [1.82, 2.24) is 19.9 Å². The molecule has 0 aliphatic carbocycles. The summed E-state index contributed by atoms with van der Waals surface area (Å²) < 4.78 is 9.04. The predicted octanol–water partition coefficient (Wildman–Crippen LogP) is 7.81. The Morgan fingerprint density at radius 2 is 0.614 bits per heavy atom. The van der Waals surface area contributed by atoms with Crippen molar-refractivity contribution in [3.05, 3.63) is 145 Å². The van der Waals surface area contributed by atoms with E-state index in [2.05, 4.69) is 192 Å². The molecule has 2 aliphatic heterocycles. The first-order valence-electron chi connectivity index (χ1n) is 19.6. The normalized spacial score (nSPS) is 11.9. The van der Waals surface area contributed by atoms with E-state index in [1.165, 1.54) is 0 Å². The van der Waals surface area contributed by atoms with E-state index in [9.17, 15) is 0 Å². The van der Waals surface area contributed by atoms with Crippen molar-refractivity contribution >= 4 is 46.4 Å². The van der Waals surface area contributed by atoms with Crippen LogP contribution in [0.4, 0.5) is 0 Å². The third-order valence-corrected chi connectivity index (χ3v) is 10.8. The molecule has 8 bridgehead atoms. The van der Waals surface area contributed by atoms with E-state index >= 15 is 0 Å². The zero-order valence-electron chi connectivity index (χ0n) is 32.6. The third kappa shape index (κ3) is 6.73. The van der Waals surface area contributed by atoms with E-state index in [0.29, 0.717) is 0 Å². The van der Waals surface area contributed by atoms with Crippen molar-refractivity contribution in [3.8, 4) is 45.0 Å². The molecule has 0 saturated carbocycles. The molecular weight excluding hydrogens is 744 g/mol. The minimum Gasteiger partial charge on any atom is -0.656 e. The van der Waals surface area contributed by atoms with E-state index in [0.717, 1.165) is 116 Å². The first-order valence-corrected chi connectivity index (χ1v) is 19.6. The molecule has 8 nitrogen and oxygen atoms in total. The third-order valence-electron chi connectivity index (χ3n) is 10.8. The SMILES string of the molecule is CC[n+]1ccccc1-c1c2nc(c(-c3cccc[n+]3CC)c3ccc([n-]3)c(-c3cccc[n+]3CC)c3nc(c(-c4cccc[n+]4CC)c4ccc1[n-]4)C=C3)C=C2.[Fe+2]. The standard InChI is InChI=1S/C48H44N8.Fe/c1-5-53-29-13-9-17-41(53)45-33-21-23-35(49-33)46(42-18-10-14-30-54(42)6-2)37-25-27-39(51-37)48(44-20-12-16-32-56(44)8-4)40-28-26-38(52-40)47(36-24-22-34(45)50-36)43-19-11-15-31-55(43)7-3;/h9-32H,5-8H2,1-4H3;/q2*+2. The summed E-state index contributed by atoms with van der Waals surface area (Å²) in [5.41, 5.74) is 14.9. The van der Waals surface area contributed by atoms with Crippen LogP contribution in [0.1, 0.15) is 50.5 Å². The average molecular weight is 789 g/mol. The maximum Gasteiger partial charge on any atom is 2.00 e. The van der Waals surface area contributed by atoms with Gasteiger partial charge < -0.3 is 9.97 Å². The van der Waals surface area contributed by atoms with Gasteiger partial charge in [-0.25, -0.2) is 9.97 Å². The van der Waals surface area contributed by atoms with Crippen LogP contribution in [0.25, 0.3) is 91.4 Å². The van der Waals surface area contributed by atoms with Gasteiger partial charge in [0.05, 0.1) is 45.0 Å². The Hall–Kier alpha value is -6.28. The van der Waals surface area contributed by atoms with Crippen molar-refractivity contribution < 1.29 is 35.3 Å². The second kappa shape index (κ2) is 16.1. The molecule has 0 atom stereocenters. The van der Waals surface area contributed by atoms with Crippen LogP contribution in [-0.4, -0.2) is 9.97 Å². The molecule has 7 aromatic rings. The number of fused-ring (bicyclic) bond motifs is 8. The van der Waals surface area contributed by atoms with E-state index in [1.54, 1.807) is 0 Å². The minimum absolute atomic E-state index is 0. The quantitative estimate of drug-likeness (QED) is 0.117. The van der Waals surface area contributed by atoms with Gasteiger partial charge in [-0.15, -0.1) is 22.1 Å². The van der Waals surface area contributed by atoms with Crippen LogP contribution >= 0.6 is 0 Å². The van der Waals surface area contributed by atoms with Gasteiger partial charge in [-0.2, -0.15) is 18.3 Å². The number of hydrogen-bond donors (Lipinski definition) is 0. The number of pyridine rings is 4. The number of aromatic nitrogens is 8. The Morgan fingerprint density at radius 3 is 0.842 bits per heavy atom. The molecule has 9 rings (SSSR count). The molecule has 0 aromatic carbocycles. The van der Waals surface area contributed by atoms with Crippen molar-refractivity contribution in [2.45, 2.75) is 53.9 Å². The van der Waals surface area contributed by atoms with Crippen molar-refractivity contribution in [2.75, 3.05) is 0 Å². The molecule has 9 heteroatoms. The van der Waals surface area contributed by atoms with Gasteiger partial charge >= 0.3 is 17.1 Å². The van der Waals surface area contributed by atoms with Gasteiger partial charge in [0.2, 0.25) is 22.8 Å². The summed E-state index contributed by atoms with van der Waals surface area (Å²) in [4.78, 5) is 21.9. The molecule has 0 unspecified atom stereocenters. The Bertz CT molecular complexity index is 2500. The number of rotatable bonds is 8. The molecule has 0 saturated heterocycles. The van der Waals surface area contributed by atoms with E-state index in [4.69, 9.17) is 19.9 Å². The summed E-state index contributed by atoms with van der Waals surface area (Å²) >= 11 is 0. The van der Waals surface area contributed by atoms with Crippen LogP contribution in [-0.2, 0) is 43.2 Å². The number of hydrogen-bond acceptors (Lipinski definition) is 2. The van der Waals surface area contributed by atoms with Gasteiger partial charge in [0, 0.05) is 48.5 Å². The fraction of sp³-hybridized carbons (Fsp3) is 0.167. The van der Waals surface area contributed by atoms with Gasteiger partial charge in [-0.05, 0) is 76.3 Å². The molecule has 7 aromatic heterocycles. The second-order valence-electron chi connectivity index (χ2n) is 13.9. The van der Waals surface area contributed by atoms with Crippen LogP contribution < -0.4 is 28.2 Å². The fourth-order valence-corrected chi connectivity index (χ4v) is 8.05. The average Bonchev–Trinajstić information content (AvgIpc) is 4.10. The Labute approximate surface area is 343 Å². The predicted molar refractivity (Wildman–Crippen MR) is 222 cm³/mol. The Balaban J connectivity index is 0.00000455. The maximum atomic E-state index is 5.48. The Morgan fingerprint density at radius 1 is 0.368 bits per heavy atom. The van der Waals surface area contributed by atoms with Gasteiger partial charge in [0.15, 0.2) is 24.8 Å². The van der Waals surface area contributed by atoms with Gasteiger partial charge in [0.25, 0.3) is 0 Å². The van der Waals surface area contributed by atoms with Gasteiger partial charge in [-0.3, -0.25) is 0 Å². The van der Waals surface area contributed by atoms with Gasteiger partial charge in [-0.1, -0.05) is 24.3 Å². The summed E-state index contributed by atoms with van der Waals surface area (Å²) in [6.07, 6.45) is 17.0. The monoisotopic (exact) mass is 788 g/mol. The summed E-state index contributed by atoms with van der Waals surface area (Å²) in [6, 6.07) is 33.9. The zero-order valence-corrected chi connectivity index (χ0v) is 33.7. The maximum absolute atomic E-state index is 5.48. The van der Waals surface area contributed by atoms with Gasteiger partial charge in [0.1, 0.15) is 26.2 Å². The molecule has 2 aliphatic rings. The topological polar surface area (TPSA) is 69.5 Å². The molecular formula is C48H44FeN8+4. The fourth-order valence-electron chi connectivity index (χ4n) is 8.05. The molecule has 0 N–H and O–H groups in total. The first kappa shape index (κ1) is 37.6. The van der Waals surface area contributed by atoms with Crippen molar-refractivity contribution in [1.29, 1.82) is 0 Å². The van der Waals surface area contributed by atoms with Crippen LogP contribution in [0.2, 0.25) is 0 Å². The summed E-state index contributed by atoms with van der Waals surface area (Å²) in [7, 11) is 0. The molecule has 9 heterocycles. The van der Waals surface area contributed by atoms with E-state index in [1.807, 2.05) is 0 Å². The van der Waals surface area contributed by atoms with E-state index in [-0.39, 0.29) is 17.1 Å². The second-order valence-corrected chi connectivity index (χ2v) is 13.9. The summed E-state index contributed by atoms with van der Waals surface area (Å²) in [6.45, 7) is 11.9. The van der Waals surface area contributed by atoms with Crippen LogP contribution in [0, 0.1) is 0 Å². The van der Waals surface area contributed by atoms with Crippen LogP contribution in [0.3, 0.4) is 0 Å². The molecule has 280 valence electrons. The molecule has 57 heavy (non-hydrogen) atoms. The van der Waals surface area contributed by atoms with Crippen molar-refractivity contribution in [3.63, 3.8) is 0 Å². The van der Waals surface area contributed by atoms with E-state index < -0.39 is 0 Å². The molecule has 0 fully saturated rings. The zero-order chi connectivity index (χ0) is 38.2. The summed E-state index contributed by atoms with van der Waals surface area (Å²) in [5, 5.41) is 0. The van der Waals surface area contributed by atoms with Crippen LogP contribution in [0.5, 0.6) is 0 Å². The summed E-state index contributed by atoms with van der Waals surface area (Å²) in [5.74, 6) is 0. The largest absolute Gasteiger partial charge is 2.00 e. The molecule has 0 spiro atoms. The minimum atomic E-state index is 0. The smallest absolute Gasteiger partial charge is 0.656 e.